The lowest BCUT2D eigenvalue weighted by Crippen LogP contribution is -2.40. The molecule has 1 heterocycles. The maximum Gasteiger partial charge on any atom is 0.326 e. The summed E-state index contributed by atoms with van der Waals surface area (Å²) in [5, 5.41) is 14.7. The molecule has 21 heavy (non-hydrogen) atoms. The highest BCUT2D eigenvalue weighted by atomic mass is 32.1. The molecule has 0 aliphatic carbocycles. The fraction of sp³-hybridized carbons (Fsp3) is 0.500. The van der Waals surface area contributed by atoms with Crippen LogP contribution in [0.4, 0.5) is 5.00 Å². The van der Waals surface area contributed by atoms with Gasteiger partial charge in [0.15, 0.2) is 0 Å². The van der Waals surface area contributed by atoms with E-state index in [0.29, 0.717) is 23.4 Å². The van der Waals surface area contributed by atoms with Gasteiger partial charge >= 0.3 is 5.97 Å². The Labute approximate surface area is 127 Å². The monoisotopic (exact) mass is 312 g/mol. The zero-order valence-electron chi connectivity index (χ0n) is 12.4. The quantitative estimate of drug-likeness (QED) is 0.719. The van der Waals surface area contributed by atoms with Crippen molar-refractivity contribution >= 4 is 34.1 Å². The van der Waals surface area contributed by atoms with Gasteiger partial charge in [-0.2, -0.15) is 0 Å². The second-order valence-electron chi connectivity index (χ2n) is 4.64. The fourth-order valence-electron chi connectivity index (χ4n) is 1.82. The lowest BCUT2D eigenvalue weighted by Gasteiger charge is -2.13. The minimum Gasteiger partial charge on any atom is -0.480 e. The number of aryl methyl sites for hydroxylation is 1. The Hall–Kier alpha value is -1.89. The first-order valence-corrected chi connectivity index (χ1v) is 7.64. The summed E-state index contributed by atoms with van der Waals surface area (Å²) in [6.45, 7) is 5.16. The van der Waals surface area contributed by atoms with Crippen molar-refractivity contribution in [3.8, 4) is 0 Å². The molecule has 1 unspecified atom stereocenters. The first kappa shape index (κ1) is 17.2. The Morgan fingerprint density at radius 1 is 1.33 bits per heavy atom. The van der Waals surface area contributed by atoms with Gasteiger partial charge in [0.2, 0.25) is 5.91 Å². The zero-order valence-corrected chi connectivity index (χ0v) is 13.2. The number of carbonyl (C=O) groups is 3. The molecule has 1 rings (SSSR count). The Balaban J connectivity index is 2.96. The van der Waals surface area contributed by atoms with Crippen LogP contribution in [0.25, 0.3) is 0 Å². The van der Waals surface area contributed by atoms with E-state index in [-0.39, 0.29) is 5.91 Å². The number of rotatable bonds is 7. The van der Waals surface area contributed by atoms with E-state index in [1.807, 2.05) is 13.8 Å². The molecule has 0 fully saturated rings. The van der Waals surface area contributed by atoms with Crippen molar-refractivity contribution in [3.05, 3.63) is 16.5 Å². The summed E-state index contributed by atoms with van der Waals surface area (Å²) < 4.78 is 0. The maximum absolute atomic E-state index is 12.2. The molecular weight excluding hydrogens is 292 g/mol. The van der Waals surface area contributed by atoms with Crippen LogP contribution in [-0.2, 0) is 16.0 Å². The number of anilines is 1. The van der Waals surface area contributed by atoms with Gasteiger partial charge in [-0.25, -0.2) is 4.79 Å². The summed E-state index contributed by atoms with van der Waals surface area (Å²) >= 11 is 1.32. The summed E-state index contributed by atoms with van der Waals surface area (Å²) in [5.41, 5.74) is 0.314. The van der Waals surface area contributed by atoms with Crippen LogP contribution in [0.5, 0.6) is 0 Å². The van der Waals surface area contributed by atoms with Crippen LogP contribution in [0.3, 0.4) is 0 Å². The first-order chi connectivity index (χ1) is 9.88. The first-order valence-electron chi connectivity index (χ1n) is 6.82. The van der Waals surface area contributed by atoms with E-state index in [9.17, 15) is 14.4 Å². The minimum atomic E-state index is -1.06. The Morgan fingerprint density at radius 2 is 2.00 bits per heavy atom. The summed E-state index contributed by atoms with van der Waals surface area (Å²) in [5.74, 6) is -1.80. The number of amides is 2. The molecule has 0 aliphatic heterocycles. The molecule has 2 amide bonds. The molecule has 7 heteroatoms. The van der Waals surface area contributed by atoms with Gasteiger partial charge in [0.05, 0.1) is 5.56 Å². The highest BCUT2D eigenvalue weighted by Crippen LogP contribution is 2.28. The Morgan fingerprint density at radius 3 is 2.48 bits per heavy atom. The number of aliphatic carboxylic acids is 1. The van der Waals surface area contributed by atoms with Crippen molar-refractivity contribution < 1.29 is 19.5 Å². The van der Waals surface area contributed by atoms with Gasteiger partial charge in [-0.1, -0.05) is 20.3 Å². The second kappa shape index (κ2) is 7.78. The summed E-state index contributed by atoms with van der Waals surface area (Å²) in [6.07, 6.45) is 1.75. The van der Waals surface area contributed by atoms with Crippen molar-refractivity contribution in [1.82, 2.24) is 5.32 Å². The number of carboxylic acids is 1. The summed E-state index contributed by atoms with van der Waals surface area (Å²) in [6, 6.07) is 0.772. The van der Waals surface area contributed by atoms with Crippen LogP contribution in [0, 0.1) is 0 Å². The molecule has 1 aromatic rings. The topological polar surface area (TPSA) is 95.5 Å². The van der Waals surface area contributed by atoms with E-state index in [1.54, 1.807) is 6.07 Å². The van der Waals surface area contributed by atoms with Gasteiger partial charge in [-0.15, -0.1) is 11.3 Å². The summed E-state index contributed by atoms with van der Waals surface area (Å²) in [7, 11) is 0. The average Bonchev–Trinajstić information content (AvgIpc) is 2.80. The predicted molar refractivity (Wildman–Crippen MR) is 81.8 cm³/mol. The van der Waals surface area contributed by atoms with Gasteiger partial charge in [0, 0.05) is 11.8 Å². The molecule has 3 N–H and O–H groups in total. The molecule has 0 saturated heterocycles. The summed E-state index contributed by atoms with van der Waals surface area (Å²) in [4.78, 5) is 35.5. The number of carboxylic acid groups (broad SMARTS) is 1. The van der Waals surface area contributed by atoms with Crippen molar-refractivity contribution in [3.63, 3.8) is 0 Å². The number of hydrogen-bond acceptors (Lipinski definition) is 4. The van der Waals surface area contributed by atoms with E-state index in [2.05, 4.69) is 10.6 Å². The van der Waals surface area contributed by atoms with E-state index >= 15 is 0 Å². The number of carbonyl (C=O) groups excluding carboxylic acids is 2. The predicted octanol–water partition coefficient (Wildman–Crippen LogP) is 2.25. The molecular formula is C14H20N2O4S. The number of hydrogen-bond donors (Lipinski definition) is 3. The van der Waals surface area contributed by atoms with Crippen LogP contribution in [0.15, 0.2) is 6.07 Å². The number of nitrogens with one attached hydrogen (secondary N) is 2. The minimum absolute atomic E-state index is 0.267. The molecule has 0 saturated carbocycles. The van der Waals surface area contributed by atoms with E-state index < -0.39 is 17.9 Å². The largest absolute Gasteiger partial charge is 0.480 e. The van der Waals surface area contributed by atoms with Crippen molar-refractivity contribution in [1.29, 1.82) is 0 Å². The molecule has 0 aromatic carbocycles. The molecule has 116 valence electrons. The Bertz CT molecular complexity index is 539. The molecule has 0 bridgehead atoms. The normalized spacial score (nSPS) is 11.8. The molecule has 1 aromatic heterocycles. The van der Waals surface area contributed by atoms with E-state index in [4.69, 9.17) is 5.11 Å². The van der Waals surface area contributed by atoms with Gasteiger partial charge in [-0.05, 0) is 18.9 Å². The van der Waals surface area contributed by atoms with E-state index in [1.165, 1.54) is 18.3 Å². The molecule has 1 atom stereocenters. The van der Waals surface area contributed by atoms with Crippen molar-refractivity contribution in [2.75, 3.05) is 5.32 Å². The van der Waals surface area contributed by atoms with Crippen LogP contribution >= 0.6 is 11.3 Å². The molecule has 0 aliphatic rings. The SMILES string of the molecule is CCCC(NC(=O)c1cc(CC)sc1NC(C)=O)C(=O)O. The third-order valence-corrected chi connectivity index (χ3v) is 4.04. The highest BCUT2D eigenvalue weighted by molar-refractivity contribution is 7.16. The fourth-order valence-corrected chi connectivity index (χ4v) is 2.86. The van der Waals surface area contributed by atoms with Gasteiger partial charge < -0.3 is 15.7 Å². The van der Waals surface area contributed by atoms with Gasteiger partial charge in [0.1, 0.15) is 11.0 Å². The van der Waals surface area contributed by atoms with Crippen LogP contribution in [0.2, 0.25) is 0 Å². The van der Waals surface area contributed by atoms with Crippen LogP contribution in [-0.4, -0.2) is 28.9 Å². The second-order valence-corrected chi connectivity index (χ2v) is 5.78. The standard InChI is InChI=1S/C14H20N2O4S/c1-4-6-11(14(19)20)16-12(18)10-7-9(5-2)21-13(10)15-8(3)17/h7,11H,4-6H2,1-3H3,(H,15,17)(H,16,18)(H,19,20). The number of thiophene rings is 1. The van der Waals surface area contributed by atoms with Crippen molar-refractivity contribution in [2.24, 2.45) is 0 Å². The van der Waals surface area contributed by atoms with Gasteiger partial charge in [-0.3, -0.25) is 9.59 Å². The molecule has 0 spiro atoms. The zero-order chi connectivity index (χ0) is 16.0. The third kappa shape index (κ3) is 4.86. The average molecular weight is 312 g/mol. The van der Waals surface area contributed by atoms with Crippen LogP contribution < -0.4 is 10.6 Å². The van der Waals surface area contributed by atoms with Crippen LogP contribution in [0.1, 0.15) is 48.8 Å². The molecule has 0 radical (unpaired) electrons. The smallest absolute Gasteiger partial charge is 0.326 e. The van der Waals surface area contributed by atoms with E-state index in [0.717, 1.165) is 11.3 Å². The van der Waals surface area contributed by atoms with Gasteiger partial charge in [0.25, 0.3) is 5.91 Å². The highest BCUT2D eigenvalue weighted by Gasteiger charge is 2.23. The lowest BCUT2D eigenvalue weighted by molar-refractivity contribution is -0.139. The Kier molecular flexibility index (Phi) is 6.36. The lowest BCUT2D eigenvalue weighted by atomic mass is 10.1. The maximum atomic E-state index is 12.2. The third-order valence-electron chi connectivity index (χ3n) is 2.85. The molecule has 6 nitrogen and oxygen atoms in total. The van der Waals surface area contributed by atoms with Crippen molar-refractivity contribution in [2.45, 2.75) is 46.1 Å².